The number of likely N-dealkylation sites (N-methyl/N-ethyl adjacent to an activating group) is 1. The molecular formula is C18H34N2. The number of likely N-dealkylation sites (tertiary alicyclic amines) is 1. The third-order valence-electron chi connectivity index (χ3n) is 6.74. The van der Waals surface area contributed by atoms with Crippen LogP contribution >= 0.6 is 0 Å². The lowest BCUT2D eigenvalue weighted by molar-refractivity contribution is 0.0145. The Bertz CT molecular complexity index is 311. The maximum absolute atomic E-state index is 3.63. The zero-order chi connectivity index (χ0) is 14.2. The van der Waals surface area contributed by atoms with Crippen molar-refractivity contribution in [3.63, 3.8) is 0 Å². The molecule has 0 radical (unpaired) electrons. The van der Waals surface area contributed by atoms with Crippen LogP contribution < -0.4 is 5.32 Å². The molecule has 3 aliphatic rings. The van der Waals surface area contributed by atoms with Crippen molar-refractivity contribution in [2.24, 2.45) is 17.3 Å². The highest BCUT2D eigenvalue weighted by Crippen LogP contribution is 2.47. The summed E-state index contributed by atoms with van der Waals surface area (Å²) in [5.41, 5.74) is 0.761. The monoisotopic (exact) mass is 278 g/mol. The van der Waals surface area contributed by atoms with Crippen LogP contribution in [0, 0.1) is 17.3 Å². The van der Waals surface area contributed by atoms with E-state index in [2.05, 4.69) is 31.1 Å². The average molecular weight is 278 g/mol. The van der Waals surface area contributed by atoms with Crippen molar-refractivity contribution in [3.05, 3.63) is 0 Å². The fraction of sp³-hybridized carbons (Fsp3) is 1.00. The summed E-state index contributed by atoms with van der Waals surface area (Å²) < 4.78 is 0. The van der Waals surface area contributed by atoms with Crippen LogP contribution in [0.4, 0.5) is 0 Å². The van der Waals surface area contributed by atoms with Crippen molar-refractivity contribution in [1.82, 2.24) is 10.2 Å². The van der Waals surface area contributed by atoms with E-state index in [1.165, 1.54) is 64.5 Å². The summed E-state index contributed by atoms with van der Waals surface area (Å²) in [5, 5.41) is 3.63. The van der Waals surface area contributed by atoms with Crippen molar-refractivity contribution in [2.75, 3.05) is 20.1 Å². The molecule has 2 aliphatic carbocycles. The maximum atomic E-state index is 3.63. The Morgan fingerprint density at radius 3 is 2.20 bits per heavy atom. The predicted octanol–water partition coefficient (Wildman–Crippen LogP) is 3.67. The van der Waals surface area contributed by atoms with Crippen LogP contribution in [-0.4, -0.2) is 37.1 Å². The van der Waals surface area contributed by atoms with Gasteiger partial charge in [-0.3, -0.25) is 4.90 Å². The minimum absolute atomic E-state index is 0.714. The molecule has 0 bridgehead atoms. The topological polar surface area (TPSA) is 15.3 Å². The predicted molar refractivity (Wildman–Crippen MR) is 85.9 cm³/mol. The lowest BCUT2D eigenvalue weighted by Crippen LogP contribution is -2.58. The number of nitrogens with one attached hydrogen (secondary N) is 1. The molecule has 0 aromatic rings. The summed E-state index contributed by atoms with van der Waals surface area (Å²) in [6, 6.07) is 1.50. The van der Waals surface area contributed by atoms with Crippen LogP contribution in [0.15, 0.2) is 0 Å². The molecule has 116 valence electrons. The Labute approximate surface area is 125 Å². The number of hydrogen-bond acceptors (Lipinski definition) is 2. The Balaban J connectivity index is 1.63. The Hall–Kier alpha value is -0.0800. The van der Waals surface area contributed by atoms with Gasteiger partial charge >= 0.3 is 0 Å². The van der Waals surface area contributed by atoms with Gasteiger partial charge in [0.25, 0.3) is 0 Å². The van der Waals surface area contributed by atoms with E-state index in [1.807, 2.05) is 0 Å². The second kappa shape index (κ2) is 5.96. The first-order chi connectivity index (χ1) is 9.63. The summed E-state index contributed by atoms with van der Waals surface area (Å²) in [6.45, 7) is 7.65. The van der Waals surface area contributed by atoms with E-state index in [0.29, 0.717) is 6.04 Å². The van der Waals surface area contributed by atoms with E-state index in [9.17, 15) is 0 Å². The zero-order valence-corrected chi connectivity index (χ0v) is 13.8. The van der Waals surface area contributed by atoms with Crippen LogP contribution in [0.3, 0.4) is 0 Å². The Kier molecular flexibility index (Phi) is 4.42. The first kappa shape index (κ1) is 14.8. The van der Waals surface area contributed by atoms with Crippen molar-refractivity contribution in [3.8, 4) is 0 Å². The summed E-state index contributed by atoms with van der Waals surface area (Å²) in [4.78, 5) is 2.85. The van der Waals surface area contributed by atoms with Crippen LogP contribution in [-0.2, 0) is 0 Å². The van der Waals surface area contributed by atoms with Crippen LogP contribution in [0.2, 0.25) is 0 Å². The molecule has 0 amide bonds. The van der Waals surface area contributed by atoms with E-state index in [1.54, 1.807) is 0 Å². The molecule has 3 fully saturated rings. The second-order valence-corrected chi connectivity index (χ2v) is 8.18. The molecule has 2 heteroatoms. The molecule has 3 rings (SSSR count). The normalized spacial score (nSPS) is 42.1. The molecule has 1 heterocycles. The highest BCUT2D eigenvalue weighted by atomic mass is 15.2. The molecule has 1 saturated heterocycles. The SMILES string of the molecule is CNC1CC(C)CC(C)C1N1CCC2(CCCC2)CC1. The van der Waals surface area contributed by atoms with Gasteiger partial charge in [-0.25, -0.2) is 0 Å². The standard InChI is InChI=1S/C18H34N2/c1-14-12-15(2)17(16(13-14)19-3)20-10-8-18(9-11-20)6-4-5-7-18/h14-17,19H,4-13H2,1-3H3. The van der Waals surface area contributed by atoms with Crippen molar-refractivity contribution < 1.29 is 0 Å². The number of hydrogen-bond donors (Lipinski definition) is 1. The molecule has 0 aromatic heterocycles. The lowest BCUT2D eigenvalue weighted by atomic mass is 9.72. The van der Waals surface area contributed by atoms with Crippen LogP contribution in [0.25, 0.3) is 0 Å². The average Bonchev–Trinajstić information content (AvgIpc) is 2.88. The van der Waals surface area contributed by atoms with Gasteiger partial charge in [-0.05, 0) is 75.9 Å². The van der Waals surface area contributed by atoms with E-state index in [0.717, 1.165) is 23.3 Å². The van der Waals surface area contributed by atoms with Gasteiger partial charge < -0.3 is 5.32 Å². The minimum atomic E-state index is 0.714. The van der Waals surface area contributed by atoms with Gasteiger partial charge in [0, 0.05) is 12.1 Å². The van der Waals surface area contributed by atoms with E-state index >= 15 is 0 Å². The summed E-state index contributed by atoms with van der Waals surface area (Å²) in [6.07, 6.45) is 11.8. The fourth-order valence-electron chi connectivity index (χ4n) is 5.66. The molecule has 4 unspecified atom stereocenters. The largest absolute Gasteiger partial charge is 0.315 e. The molecule has 1 spiro atoms. The zero-order valence-electron chi connectivity index (χ0n) is 13.8. The van der Waals surface area contributed by atoms with E-state index < -0.39 is 0 Å². The summed E-state index contributed by atoms with van der Waals surface area (Å²) in [7, 11) is 2.17. The second-order valence-electron chi connectivity index (χ2n) is 8.18. The highest BCUT2D eigenvalue weighted by Gasteiger charge is 2.42. The fourth-order valence-corrected chi connectivity index (χ4v) is 5.66. The lowest BCUT2D eigenvalue weighted by Gasteiger charge is -2.50. The quantitative estimate of drug-likeness (QED) is 0.829. The van der Waals surface area contributed by atoms with Gasteiger partial charge in [-0.1, -0.05) is 26.7 Å². The minimum Gasteiger partial charge on any atom is -0.315 e. The molecule has 4 atom stereocenters. The molecule has 0 aromatic carbocycles. The van der Waals surface area contributed by atoms with Gasteiger partial charge in [-0.15, -0.1) is 0 Å². The molecule has 20 heavy (non-hydrogen) atoms. The highest BCUT2D eigenvalue weighted by molar-refractivity contribution is 4.97. The van der Waals surface area contributed by atoms with Crippen molar-refractivity contribution in [1.29, 1.82) is 0 Å². The molecular weight excluding hydrogens is 244 g/mol. The Morgan fingerprint density at radius 1 is 0.950 bits per heavy atom. The van der Waals surface area contributed by atoms with E-state index in [-0.39, 0.29) is 0 Å². The number of rotatable bonds is 2. The van der Waals surface area contributed by atoms with E-state index in [4.69, 9.17) is 0 Å². The first-order valence-electron chi connectivity index (χ1n) is 9.05. The van der Waals surface area contributed by atoms with Crippen LogP contribution in [0.5, 0.6) is 0 Å². The summed E-state index contributed by atoms with van der Waals surface area (Å²) in [5.74, 6) is 1.75. The van der Waals surface area contributed by atoms with Gasteiger partial charge in [0.1, 0.15) is 0 Å². The third kappa shape index (κ3) is 2.78. The van der Waals surface area contributed by atoms with Gasteiger partial charge in [-0.2, -0.15) is 0 Å². The third-order valence-corrected chi connectivity index (χ3v) is 6.74. The number of nitrogens with zero attached hydrogens (tertiary/aromatic N) is 1. The first-order valence-corrected chi connectivity index (χ1v) is 9.05. The molecule has 2 saturated carbocycles. The van der Waals surface area contributed by atoms with Gasteiger partial charge in [0.2, 0.25) is 0 Å². The van der Waals surface area contributed by atoms with Crippen LogP contribution in [0.1, 0.15) is 65.2 Å². The van der Waals surface area contributed by atoms with Gasteiger partial charge in [0.05, 0.1) is 0 Å². The number of piperidine rings is 1. The molecule has 2 nitrogen and oxygen atoms in total. The Morgan fingerprint density at radius 2 is 1.60 bits per heavy atom. The maximum Gasteiger partial charge on any atom is 0.0274 e. The molecule has 1 aliphatic heterocycles. The van der Waals surface area contributed by atoms with Gasteiger partial charge in [0.15, 0.2) is 0 Å². The molecule has 1 N–H and O–H groups in total. The van der Waals surface area contributed by atoms with Crippen molar-refractivity contribution in [2.45, 2.75) is 77.3 Å². The summed E-state index contributed by atoms with van der Waals surface area (Å²) >= 11 is 0. The smallest absolute Gasteiger partial charge is 0.0274 e. The van der Waals surface area contributed by atoms with Crippen molar-refractivity contribution >= 4 is 0 Å².